The Labute approximate surface area is 219 Å². The second kappa shape index (κ2) is 10.6. The van der Waals surface area contributed by atoms with E-state index in [1.807, 2.05) is 6.07 Å². The van der Waals surface area contributed by atoms with Gasteiger partial charge in [0.2, 0.25) is 0 Å². The number of thiophene rings is 1. The lowest BCUT2D eigenvalue weighted by Crippen LogP contribution is -2.36. The lowest BCUT2D eigenvalue weighted by atomic mass is 9.95. The predicted molar refractivity (Wildman–Crippen MR) is 146 cm³/mol. The number of halogens is 2. The Morgan fingerprint density at radius 2 is 1.77 bits per heavy atom. The summed E-state index contributed by atoms with van der Waals surface area (Å²) in [5.41, 5.74) is 6.27. The van der Waals surface area contributed by atoms with Crippen molar-refractivity contribution in [1.82, 2.24) is 15.1 Å². The SMILES string of the molecule is CCc1c(C(=O)NC2CCCCC2)nn(-c2ccc(Cl)cc2Cl)c1-c1ccc(-c2ccsc2)cc1. The molecule has 2 aromatic carbocycles. The van der Waals surface area contributed by atoms with Gasteiger partial charge in [0.15, 0.2) is 5.69 Å². The van der Waals surface area contributed by atoms with E-state index in [0.717, 1.165) is 48.1 Å². The highest BCUT2D eigenvalue weighted by Gasteiger charge is 2.26. The largest absolute Gasteiger partial charge is 0.348 e. The number of nitrogens with zero attached hydrogens (tertiary/aromatic N) is 2. The Morgan fingerprint density at radius 1 is 1.03 bits per heavy atom. The Kier molecular flexibility index (Phi) is 7.28. The molecule has 0 saturated heterocycles. The van der Waals surface area contributed by atoms with Gasteiger partial charge in [-0.1, -0.05) is 73.7 Å². The second-order valence-corrected chi connectivity index (χ2v) is 10.6. The van der Waals surface area contributed by atoms with Crippen LogP contribution in [0.1, 0.15) is 55.1 Å². The molecule has 1 amide bonds. The van der Waals surface area contributed by atoms with Crippen molar-refractivity contribution in [3.63, 3.8) is 0 Å². The molecule has 180 valence electrons. The van der Waals surface area contributed by atoms with Crippen LogP contribution in [-0.4, -0.2) is 21.7 Å². The summed E-state index contributed by atoms with van der Waals surface area (Å²) in [7, 11) is 0. The van der Waals surface area contributed by atoms with Crippen LogP contribution in [0.15, 0.2) is 59.3 Å². The van der Waals surface area contributed by atoms with Gasteiger partial charge in [-0.15, -0.1) is 0 Å². The first kappa shape index (κ1) is 24.1. The minimum absolute atomic E-state index is 0.117. The van der Waals surface area contributed by atoms with Gasteiger partial charge in [0.1, 0.15) is 0 Å². The maximum absolute atomic E-state index is 13.4. The van der Waals surface area contributed by atoms with Crippen LogP contribution in [0, 0.1) is 0 Å². The average Bonchev–Trinajstić information content (AvgIpc) is 3.53. The Balaban J connectivity index is 1.61. The molecule has 0 atom stereocenters. The summed E-state index contributed by atoms with van der Waals surface area (Å²) in [6.07, 6.45) is 6.26. The summed E-state index contributed by atoms with van der Waals surface area (Å²) in [6.45, 7) is 2.06. The number of hydrogen-bond donors (Lipinski definition) is 1. The quantitative estimate of drug-likeness (QED) is 0.276. The predicted octanol–water partition coefficient (Wildman–Crippen LogP) is 8.20. The molecule has 1 saturated carbocycles. The van der Waals surface area contributed by atoms with E-state index in [1.54, 1.807) is 28.2 Å². The standard InChI is InChI=1S/C28H27Cl2N3OS/c1-2-23-26(28(34)31-22-6-4-3-5-7-22)32-33(25-13-12-21(29)16-24(25)30)27(23)19-10-8-18(9-11-19)20-14-15-35-17-20/h8-17,22H,2-7H2,1H3,(H,31,34). The Morgan fingerprint density at radius 3 is 2.43 bits per heavy atom. The number of amides is 1. The Bertz CT molecular complexity index is 1320. The number of aromatic nitrogens is 2. The maximum Gasteiger partial charge on any atom is 0.272 e. The number of rotatable bonds is 6. The molecule has 1 aliphatic rings. The van der Waals surface area contributed by atoms with Gasteiger partial charge in [-0.3, -0.25) is 4.79 Å². The van der Waals surface area contributed by atoms with E-state index in [1.165, 1.54) is 12.0 Å². The van der Waals surface area contributed by atoms with Crippen LogP contribution in [-0.2, 0) is 6.42 Å². The minimum atomic E-state index is -0.117. The smallest absolute Gasteiger partial charge is 0.272 e. The fourth-order valence-corrected chi connectivity index (χ4v) is 6.00. The van der Waals surface area contributed by atoms with Gasteiger partial charge in [0, 0.05) is 22.2 Å². The molecule has 35 heavy (non-hydrogen) atoms. The van der Waals surface area contributed by atoms with Crippen LogP contribution in [0.25, 0.3) is 28.1 Å². The van der Waals surface area contributed by atoms with Crippen LogP contribution in [0.5, 0.6) is 0 Å². The fourth-order valence-electron chi connectivity index (χ4n) is 4.84. The van der Waals surface area contributed by atoms with Gasteiger partial charge in [-0.05, 0) is 65.4 Å². The van der Waals surface area contributed by atoms with Crippen LogP contribution < -0.4 is 5.32 Å². The van der Waals surface area contributed by atoms with E-state index in [2.05, 4.69) is 53.3 Å². The van der Waals surface area contributed by atoms with Gasteiger partial charge >= 0.3 is 0 Å². The second-order valence-electron chi connectivity index (χ2n) is 8.93. The highest BCUT2D eigenvalue weighted by atomic mass is 35.5. The minimum Gasteiger partial charge on any atom is -0.348 e. The van der Waals surface area contributed by atoms with Crippen LogP contribution in [0.2, 0.25) is 10.0 Å². The summed E-state index contributed by atoms with van der Waals surface area (Å²) >= 11 is 14.5. The Hall–Kier alpha value is -2.60. The molecular weight excluding hydrogens is 497 g/mol. The molecule has 4 aromatic rings. The number of nitrogens with one attached hydrogen (secondary N) is 1. The molecule has 0 spiro atoms. The summed E-state index contributed by atoms with van der Waals surface area (Å²) < 4.78 is 1.80. The van der Waals surface area contributed by atoms with E-state index in [9.17, 15) is 4.79 Å². The van der Waals surface area contributed by atoms with Crippen molar-refractivity contribution in [2.45, 2.75) is 51.5 Å². The zero-order valence-corrected chi connectivity index (χ0v) is 21.9. The summed E-state index contributed by atoms with van der Waals surface area (Å²) in [6, 6.07) is 16.1. The molecule has 5 rings (SSSR count). The topological polar surface area (TPSA) is 46.9 Å². The summed E-state index contributed by atoms with van der Waals surface area (Å²) in [4.78, 5) is 13.4. The van der Waals surface area contributed by atoms with E-state index in [4.69, 9.17) is 28.3 Å². The highest BCUT2D eigenvalue weighted by molar-refractivity contribution is 7.08. The molecule has 0 aliphatic heterocycles. The normalized spacial score (nSPS) is 14.3. The number of hydrogen-bond acceptors (Lipinski definition) is 3. The number of carbonyl (C=O) groups excluding carboxylic acids is 1. The first-order chi connectivity index (χ1) is 17.0. The van der Waals surface area contributed by atoms with Gasteiger partial charge < -0.3 is 5.32 Å². The van der Waals surface area contributed by atoms with Crippen molar-refractivity contribution in [2.75, 3.05) is 0 Å². The molecular formula is C28H27Cl2N3OS. The molecule has 7 heteroatoms. The van der Waals surface area contributed by atoms with Gasteiger partial charge in [-0.2, -0.15) is 16.4 Å². The molecule has 2 aromatic heterocycles. The van der Waals surface area contributed by atoms with Gasteiger partial charge in [0.25, 0.3) is 5.91 Å². The molecule has 0 radical (unpaired) electrons. The fraction of sp³-hybridized carbons (Fsp3) is 0.286. The zero-order valence-electron chi connectivity index (χ0n) is 19.6. The molecule has 4 nitrogen and oxygen atoms in total. The first-order valence-corrected chi connectivity index (χ1v) is 13.8. The third-order valence-electron chi connectivity index (χ3n) is 6.64. The zero-order chi connectivity index (χ0) is 24.4. The van der Waals surface area contributed by atoms with Crippen molar-refractivity contribution < 1.29 is 4.79 Å². The van der Waals surface area contributed by atoms with Crippen molar-refractivity contribution >= 4 is 40.4 Å². The third kappa shape index (κ3) is 5.04. The van der Waals surface area contributed by atoms with Gasteiger partial charge in [0.05, 0.1) is 16.4 Å². The molecule has 2 heterocycles. The van der Waals surface area contributed by atoms with Crippen molar-refractivity contribution in [3.05, 3.63) is 80.6 Å². The molecule has 0 bridgehead atoms. The van der Waals surface area contributed by atoms with E-state index < -0.39 is 0 Å². The third-order valence-corrected chi connectivity index (χ3v) is 7.86. The summed E-state index contributed by atoms with van der Waals surface area (Å²) in [5, 5.41) is 13.3. The van der Waals surface area contributed by atoms with Crippen LogP contribution in [0.3, 0.4) is 0 Å². The van der Waals surface area contributed by atoms with E-state index >= 15 is 0 Å². The van der Waals surface area contributed by atoms with E-state index in [-0.39, 0.29) is 11.9 Å². The first-order valence-electron chi connectivity index (χ1n) is 12.1. The molecule has 1 N–H and O–H groups in total. The lowest BCUT2D eigenvalue weighted by Gasteiger charge is -2.22. The van der Waals surface area contributed by atoms with Crippen LogP contribution >= 0.6 is 34.5 Å². The van der Waals surface area contributed by atoms with Crippen LogP contribution in [0.4, 0.5) is 0 Å². The highest BCUT2D eigenvalue weighted by Crippen LogP contribution is 2.35. The summed E-state index contributed by atoms with van der Waals surface area (Å²) in [5.74, 6) is -0.117. The van der Waals surface area contributed by atoms with Crippen molar-refractivity contribution in [2.24, 2.45) is 0 Å². The maximum atomic E-state index is 13.4. The van der Waals surface area contributed by atoms with Crippen molar-refractivity contribution in [1.29, 1.82) is 0 Å². The lowest BCUT2D eigenvalue weighted by molar-refractivity contribution is 0.0921. The number of benzene rings is 2. The number of carbonyl (C=O) groups is 1. The van der Waals surface area contributed by atoms with E-state index in [0.29, 0.717) is 27.8 Å². The molecule has 0 unspecified atom stereocenters. The monoisotopic (exact) mass is 523 g/mol. The van der Waals surface area contributed by atoms with Crippen molar-refractivity contribution in [3.8, 4) is 28.1 Å². The average molecular weight is 525 g/mol. The molecule has 1 fully saturated rings. The van der Waals surface area contributed by atoms with Gasteiger partial charge in [-0.25, -0.2) is 4.68 Å². The molecule has 1 aliphatic carbocycles.